The topological polar surface area (TPSA) is 132 Å². The molecule has 0 unspecified atom stereocenters. The fourth-order valence-electron chi connectivity index (χ4n) is 3.29. The molecule has 33 heavy (non-hydrogen) atoms. The van der Waals surface area contributed by atoms with Gasteiger partial charge in [0.1, 0.15) is 5.75 Å². The molecule has 0 aliphatic rings. The van der Waals surface area contributed by atoms with E-state index in [2.05, 4.69) is 9.88 Å². The summed E-state index contributed by atoms with van der Waals surface area (Å²) in [5.41, 5.74) is -0.553. The molecular formula is C21H23N5O6S. The predicted octanol–water partition coefficient (Wildman–Crippen LogP) is 4.11. The fourth-order valence-corrected chi connectivity index (χ4v) is 4.26. The predicted molar refractivity (Wildman–Crippen MR) is 125 cm³/mol. The maximum atomic E-state index is 13.5. The third-order valence-electron chi connectivity index (χ3n) is 5.16. The quantitative estimate of drug-likeness (QED) is 0.317. The van der Waals surface area contributed by atoms with Gasteiger partial charge in [-0.2, -0.15) is 0 Å². The normalized spacial score (nSPS) is 11.0. The minimum atomic E-state index is -0.756. The minimum Gasteiger partial charge on any atom is -0.497 e. The van der Waals surface area contributed by atoms with Crippen molar-refractivity contribution >= 4 is 44.0 Å². The summed E-state index contributed by atoms with van der Waals surface area (Å²) in [5, 5.41) is 23.0. The molecule has 1 heterocycles. The zero-order valence-electron chi connectivity index (χ0n) is 18.4. The molecule has 0 aliphatic carbocycles. The van der Waals surface area contributed by atoms with Gasteiger partial charge in [-0.25, -0.2) is 4.98 Å². The first-order valence-electron chi connectivity index (χ1n) is 10.2. The fraction of sp³-hybridized carbons (Fsp3) is 0.333. The Balaban J connectivity index is 2.06. The molecule has 3 aromatic rings. The van der Waals surface area contributed by atoms with Crippen LogP contribution >= 0.6 is 11.3 Å². The van der Waals surface area contributed by atoms with Gasteiger partial charge >= 0.3 is 0 Å². The maximum absolute atomic E-state index is 13.5. The largest absolute Gasteiger partial charge is 0.497 e. The number of ether oxygens (including phenoxy) is 1. The highest BCUT2D eigenvalue weighted by atomic mass is 32.1. The number of amides is 1. The Labute approximate surface area is 193 Å². The number of fused-ring (bicyclic) bond motifs is 1. The number of non-ortho nitro benzene ring substituents is 2. The molecule has 174 valence electrons. The molecule has 3 rings (SSSR count). The lowest BCUT2D eigenvalue weighted by Gasteiger charge is -2.24. The van der Waals surface area contributed by atoms with E-state index in [1.807, 2.05) is 19.9 Å². The Morgan fingerprint density at radius 1 is 1.03 bits per heavy atom. The van der Waals surface area contributed by atoms with E-state index in [0.29, 0.717) is 22.9 Å². The van der Waals surface area contributed by atoms with Crippen LogP contribution in [0.15, 0.2) is 36.4 Å². The molecule has 0 saturated heterocycles. The van der Waals surface area contributed by atoms with Crippen molar-refractivity contribution in [3.63, 3.8) is 0 Å². The number of nitrogens with zero attached hydrogens (tertiary/aromatic N) is 5. The van der Waals surface area contributed by atoms with Gasteiger partial charge in [0.15, 0.2) is 5.13 Å². The van der Waals surface area contributed by atoms with Gasteiger partial charge in [0.05, 0.1) is 38.8 Å². The van der Waals surface area contributed by atoms with Crippen LogP contribution in [0.5, 0.6) is 5.75 Å². The molecule has 0 fully saturated rings. The van der Waals surface area contributed by atoms with Crippen molar-refractivity contribution in [3.05, 3.63) is 62.2 Å². The summed E-state index contributed by atoms with van der Waals surface area (Å²) in [6.07, 6.45) is 0. The van der Waals surface area contributed by atoms with Crippen LogP contribution in [0, 0.1) is 20.2 Å². The van der Waals surface area contributed by atoms with Crippen LogP contribution in [0.4, 0.5) is 16.5 Å². The van der Waals surface area contributed by atoms with Gasteiger partial charge in [-0.05, 0) is 25.2 Å². The number of nitro groups is 2. The van der Waals surface area contributed by atoms with Gasteiger partial charge in [0.2, 0.25) is 0 Å². The second-order valence-electron chi connectivity index (χ2n) is 7.07. The van der Waals surface area contributed by atoms with E-state index in [4.69, 9.17) is 4.74 Å². The van der Waals surface area contributed by atoms with E-state index in [-0.39, 0.29) is 12.1 Å². The Bertz CT molecular complexity index is 1160. The number of rotatable bonds is 10. The first-order valence-corrected chi connectivity index (χ1v) is 11.0. The first-order chi connectivity index (χ1) is 15.8. The first kappa shape index (κ1) is 24.0. The summed E-state index contributed by atoms with van der Waals surface area (Å²) in [5.74, 6) is 0.0228. The van der Waals surface area contributed by atoms with Crippen molar-refractivity contribution < 1.29 is 19.4 Å². The molecule has 0 spiro atoms. The van der Waals surface area contributed by atoms with E-state index in [1.54, 1.807) is 19.2 Å². The van der Waals surface area contributed by atoms with Gasteiger partial charge in [-0.15, -0.1) is 0 Å². The van der Waals surface area contributed by atoms with Crippen molar-refractivity contribution in [1.82, 2.24) is 9.88 Å². The maximum Gasteiger partial charge on any atom is 0.277 e. The number of nitro benzene ring substituents is 2. The van der Waals surface area contributed by atoms with Gasteiger partial charge in [0, 0.05) is 31.3 Å². The van der Waals surface area contributed by atoms with E-state index >= 15 is 0 Å². The second kappa shape index (κ2) is 10.3. The van der Waals surface area contributed by atoms with Crippen LogP contribution in [0.2, 0.25) is 0 Å². The number of likely N-dealkylation sites (N-methyl/N-ethyl adjacent to an activating group) is 1. The smallest absolute Gasteiger partial charge is 0.277 e. The number of aromatic nitrogens is 1. The molecule has 2 aromatic carbocycles. The van der Waals surface area contributed by atoms with Crippen molar-refractivity contribution in [1.29, 1.82) is 0 Å². The van der Waals surface area contributed by atoms with Gasteiger partial charge in [-0.3, -0.25) is 29.9 Å². The molecule has 0 bridgehead atoms. The summed E-state index contributed by atoms with van der Waals surface area (Å²) < 4.78 is 6.07. The lowest BCUT2D eigenvalue weighted by atomic mass is 10.1. The number of hydrogen-bond donors (Lipinski definition) is 0. The van der Waals surface area contributed by atoms with Gasteiger partial charge in [-0.1, -0.05) is 25.2 Å². The highest BCUT2D eigenvalue weighted by Crippen LogP contribution is 2.33. The Morgan fingerprint density at radius 2 is 1.67 bits per heavy atom. The van der Waals surface area contributed by atoms with Crippen molar-refractivity contribution in [2.75, 3.05) is 38.2 Å². The summed E-state index contributed by atoms with van der Waals surface area (Å²) in [6.45, 7) is 6.35. The van der Waals surface area contributed by atoms with Crippen LogP contribution < -0.4 is 9.64 Å². The summed E-state index contributed by atoms with van der Waals surface area (Å²) >= 11 is 1.29. The lowest BCUT2D eigenvalue weighted by Crippen LogP contribution is -2.38. The van der Waals surface area contributed by atoms with Crippen molar-refractivity contribution in [3.8, 4) is 5.75 Å². The van der Waals surface area contributed by atoms with E-state index in [9.17, 15) is 25.0 Å². The third-order valence-corrected chi connectivity index (χ3v) is 6.22. The number of methoxy groups -OCH3 is 1. The van der Waals surface area contributed by atoms with Gasteiger partial charge in [0.25, 0.3) is 17.3 Å². The van der Waals surface area contributed by atoms with Crippen molar-refractivity contribution in [2.45, 2.75) is 13.8 Å². The highest BCUT2D eigenvalue weighted by molar-refractivity contribution is 7.22. The SMILES string of the molecule is CCN(CC)CCN(C(=O)c1cc([N+](=O)[O-])cc([N+](=O)[O-])c1)c1nc2cc(OC)ccc2s1. The molecule has 1 aromatic heterocycles. The zero-order valence-corrected chi connectivity index (χ0v) is 19.2. The molecule has 1 amide bonds. The van der Waals surface area contributed by atoms with Crippen molar-refractivity contribution in [2.24, 2.45) is 0 Å². The number of anilines is 1. The summed E-state index contributed by atoms with van der Waals surface area (Å²) in [4.78, 5) is 42.7. The third kappa shape index (κ3) is 5.41. The molecule has 11 nitrogen and oxygen atoms in total. The van der Waals surface area contributed by atoms with Gasteiger partial charge < -0.3 is 9.64 Å². The Kier molecular flexibility index (Phi) is 7.51. The van der Waals surface area contributed by atoms with Crippen LogP contribution in [-0.2, 0) is 0 Å². The van der Waals surface area contributed by atoms with E-state index in [0.717, 1.165) is 36.0 Å². The molecule has 12 heteroatoms. The second-order valence-corrected chi connectivity index (χ2v) is 8.08. The van der Waals surface area contributed by atoms with E-state index in [1.165, 1.54) is 16.2 Å². The number of carbonyl (C=O) groups excluding carboxylic acids is 1. The Morgan fingerprint density at radius 3 is 2.21 bits per heavy atom. The Hall–Kier alpha value is -3.64. The van der Waals surface area contributed by atoms with Crippen LogP contribution in [0.3, 0.4) is 0 Å². The lowest BCUT2D eigenvalue weighted by molar-refractivity contribution is -0.394. The molecule has 0 saturated carbocycles. The number of benzene rings is 2. The average Bonchev–Trinajstić information content (AvgIpc) is 3.23. The highest BCUT2D eigenvalue weighted by Gasteiger charge is 2.26. The molecule has 0 atom stereocenters. The van der Waals surface area contributed by atoms with Crippen LogP contribution in [0.25, 0.3) is 10.2 Å². The standard InChI is InChI=1S/C21H23N5O6S/c1-4-23(5-2)8-9-24(21-22-18-13-17(32-3)6-7-19(18)33-21)20(27)14-10-15(25(28)29)12-16(11-14)26(30)31/h6-7,10-13H,4-5,8-9H2,1-3H3. The van der Waals surface area contributed by atoms with Crippen LogP contribution in [-0.4, -0.2) is 58.9 Å². The molecule has 0 aliphatic heterocycles. The molecule has 0 N–H and O–H groups in total. The monoisotopic (exact) mass is 473 g/mol. The molecular weight excluding hydrogens is 450 g/mol. The minimum absolute atomic E-state index is 0.146. The van der Waals surface area contributed by atoms with Crippen LogP contribution in [0.1, 0.15) is 24.2 Å². The van der Waals surface area contributed by atoms with E-state index < -0.39 is 27.1 Å². The summed E-state index contributed by atoms with van der Waals surface area (Å²) in [7, 11) is 1.55. The number of thiazole rings is 1. The average molecular weight is 474 g/mol. The molecule has 0 radical (unpaired) electrons. The summed E-state index contributed by atoms with van der Waals surface area (Å²) in [6, 6.07) is 8.31. The zero-order chi connectivity index (χ0) is 24.1. The number of hydrogen-bond acceptors (Lipinski definition) is 9. The number of carbonyl (C=O) groups is 1.